The van der Waals surface area contributed by atoms with Crippen molar-refractivity contribution in [2.75, 3.05) is 6.54 Å². The Morgan fingerprint density at radius 1 is 1.39 bits per heavy atom. The lowest BCUT2D eigenvalue weighted by molar-refractivity contribution is -0.128. The van der Waals surface area contributed by atoms with E-state index in [-0.39, 0.29) is 23.0 Å². The maximum atomic E-state index is 12.9. The summed E-state index contributed by atoms with van der Waals surface area (Å²) in [5.74, 6) is 1.31. The molecule has 1 aliphatic heterocycles. The highest BCUT2D eigenvalue weighted by Gasteiger charge is 2.33. The van der Waals surface area contributed by atoms with Crippen molar-refractivity contribution in [1.29, 1.82) is 0 Å². The van der Waals surface area contributed by atoms with Crippen molar-refractivity contribution in [3.05, 3.63) is 35.9 Å². The standard InChI is InChI=1S/C16H18FN3O2S/c1-10(2)20-8-7-13(16(20)21)23-9-14-18-15(22-19-14)11-3-5-12(17)6-4-11/h3-6,10,13H,7-9H2,1-2H3/t13-/m0/s1. The molecule has 5 nitrogen and oxygen atoms in total. The second-order valence-corrected chi connectivity index (χ2v) is 6.93. The van der Waals surface area contributed by atoms with Crippen LogP contribution in [0.1, 0.15) is 26.1 Å². The molecule has 0 bridgehead atoms. The Hall–Kier alpha value is -1.89. The van der Waals surface area contributed by atoms with Crippen molar-refractivity contribution in [2.45, 2.75) is 37.3 Å². The summed E-state index contributed by atoms with van der Waals surface area (Å²) in [7, 11) is 0. The fourth-order valence-electron chi connectivity index (χ4n) is 2.54. The van der Waals surface area contributed by atoms with Gasteiger partial charge in [-0.1, -0.05) is 5.16 Å². The van der Waals surface area contributed by atoms with E-state index in [1.807, 2.05) is 18.7 Å². The van der Waals surface area contributed by atoms with Crippen LogP contribution in [0, 0.1) is 5.82 Å². The zero-order chi connectivity index (χ0) is 16.4. The van der Waals surface area contributed by atoms with Crippen LogP contribution in [-0.2, 0) is 10.5 Å². The number of carbonyl (C=O) groups excluding carboxylic acids is 1. The first kappa shape index (κ1) is 16.0. The first-order chi connectivity index (χ1) is 11.0. The minimum absolute atomic E-state index is 0.0369. The number of benzene rings is 1. The third-order valence-electron chi connectivity index (χ3n) is 3.79. The van der Waals surface area contributed by atoms with E-state index in [2.05, 4.69) is 10.1 Å². The van der Waals surface area contributed by atoms with Gasteiger partial charge in [0, 0.05) is 18.2 Å². The largest absolute Gasteiger partial charge is 0.339 e. The molecule has 1 aromatic carbocycles. The number of amides is 1. The van der Waals surface area contributed by atoms with Gasteiger partial charge in [-0.3, -0.25) is 4.79 Å². The average molecular weight is 335 g/mol. The third kappa shape index (κ3) is 3.55. The molecule has 0 N–H and O–H groups in total. The molecular weight excluding hydrogens is 317 g/mol. The molecule has 2 heterocycles. The van der Waals surface area contributed by atoms with Crippen molar-refractivity contribution in [1.82, 2.24) is 15.0 Å². The summed E-state index contributed by atoms with van der Waals surface area (Å²) in [5, 5.41) is 3.89. The molecule has 0 unspecified atom stereocenters. The first-order valence-electron chi connectivity index (χ1n) is 7.55. The molecule has 0 aliphatic carbocycles. The van der Waals surface area contributed by atoms with Crippen LogP contribution >= 0.6 is 11.8 Å². The summed E-state index contributed by atoms with van der Waals surface area (Å²) in [6.07, 6.45) is 0.852. The Morgan fingerprint density at radius 2 is 2.13 bits per heavy atom. The Kier molecular flexibility index (Phi) is 4.66. The summed E-state index contributed by atoms with van der Waals surface area (Å²) in [6, 6.07) is 6.14. The topological polar surface area (TPSA) is 59.2 Å². The lowest BCUT2D eigenvalue weighted by Crippen LogP contribution is -2.34. The molecule has 1 fully saturated rings. The van der Waals surface area contributed by atoms with Crippen molar-refractivity contribution in [2.24, 2.45) is 0 Å². The van der Waals surface area contributed by atoms with Crippen LogP contribution in [0.25, 0.3) is 11.5 Å². The number of nitrogens with zero attached hydrogens (tertiary/aromatic N) is 3. The summed E-state index contributed by atoms with van der Waals surface area (Å²) < 4.78 is 18.1. The molecule has 3 rings (SSSR count). The van der Waals surface area contributed by atoms with Crippen LogP contribution < -0.4 is 0 Å². The predicted molar refractivity (Wildman–Crippen MR) is 86.2 cm³/mol. The molecule has 0 spiro atoms. The molecule has 1 aliphatic rings. The van der Waals surface area contributed by atoms with E-state index in [1.165, 1.54) is 12.1 Å². The number of rotatable bonds is 5. The van der Waals surface area contributed by atoms with Crippen LogP contribution in [0.3, 0.4) is 0 Å². The monoisotopic (exact) mass is 335 g/mol. The molecule has 1 saturated heterocycles. The minimum Gasteiger partial charge on any atom is -0.339 e. The number of hydrogen-bond donors (Lipinski definition) is 0. The fourth-order valence-corrected chi connectivity index (χ4v) is 3.56. The molecule has 0 saturated carbocycles. The zero-order valence-corrected chi connectivity index (χ0v) is 13.8. The van der Waals surface area contributed by atoms with E-state index in [1.54, 1.807) is 23.9 Å². The van der Waals surface area contributed by atoms with Gasteiger partial charge in [0.05, 0.1) is 11.0 Å². The van der Waals surface area contributed by atoms with Gasteiger partial charge in [0.25, 0.3) is 5.89 Å². The third-order valence-corrected chi connectivity index (χ3v) is 5.05. The number of aromatic nitrogens is 2. The Labute approximate surface area is 138 Å². The highest BCUT2D eigenvalue weighted by Crippen LogP contribution is 2.28. The van der Waals surface area contributed by atoms with Crippen molar-refractivity contribution in [3.63, 3.8) is 0 Å². The van der Waals surface area contributed by atoms with Crippen LogP contribution in [0.2, 0.25) is 0 Å². The van der Waals surface area contributed by atoms with Gasteiger partial charge < -0.3 is 9.42 Å². The number of halogens is 1. The van der Waals surface area contributed by atoms with Crippen molar-refractivity contribution >= 4 is 17.7 Å². The van der Waals surface area contributed by atoms with Gasteiger partial charge in [0.2, 0.25) is 5.91 Å². The Morgan fingerprint density at radius 3 is 2.78 bits per heavy atom. The summed E-state index contributed by atoms with van der Waals surface area (Å²) >= 11 is 1.54. The quantitative estimate of drug-likeness (QED) is 0.840. The SMILES string of the molecule is CC(C)N1CC[C@H](SCc2noc(-c3ccc(F)cc3)n2)C1=O. The smallest absolute Gasteiger partial charge is 0.257 e. The molecule has 1 amide bonds. The Bertz CT molecular complexity index is 687. The van der Waals surface area contributed by atoms with Crippen LogP contribution in [-0.4, -0.2) is 38.8 Å². The first-order valence-corrected chi connectivity index (χ1v) is 8.60. The van der Waals surface area contributed by atoms with Crippen LogP contribution in [0.4, 0.5) is 4.39 Å². The lowest BCUT2D eigenvalue weighted by atomic mass is 10.2. The van der Waals surface area contributed by atoms with Crippen molar-refractivity contribution < 1.29 is 13.7 Å². The van der Waals surface area contributed by atoms with Gasteiger partial charge in [-0.25, -0.2) is 4.39 Å². The van der Waals surface area contributed by atoms with E-state index in [0.717, 1.165) is 13.0 Å². The average Bonchev–Trinajstić information content (AvgIpc) is 3.13. The zero-order valence-electron chi connectivity index (χ0n) is 13.0. The van der Waals surface area contributed by atoms with Gasteiger partial charge in [-0.15, -0.1) is 11.8 Å². The highest BCUT2D eigenvalue weighted by atomic mass is 32.2. The molecule has 1 aromatic heterocycles. The van der Waals surface area contributed by atoms with Gasteiger partial charge in [-0.05, 0) is 44.5 Å². The second kappa shape index (κ2) is 6.70. The molecule has 122 valence electrons. The number of likely N-dealkylation sites (tertiary alicyclic amines) is 1. The Balaban J connectivity index is 1.60. The minimum atomic E-state index is -0.307. The molecule has 1 atom stereocenters. The van der Waals surface area contributed by atoms with E-state index in [9.17, 15) is 9.18 Å². The maximum Gasteiger partial charge on any atom is 0.257 e. The highest BCUT2D eigenvalue weighted by molar-refractivity contribution is 7.99. The summed E-state index contributed by atoms with van der Waals surface area (Å²) in [5.41, 5.74) is 0.679. The number of hydrogen-bond acceptors (Lipinski definition) is 5. The molecule has 2 aromatic rings. The summed E-state index contributed by atoms with van der Waals surface area (Å²) in [4.78, 5) is 18.4. The fraction of sp³-hybridized carbons (Fsp3) is 0.438. The maximum absolute atomic E-state index is 12.9. The van der Waals surface area contributed by atoms with Gasteiger partial charge in [-0.2, -0.15) is 4.98 Å². The van der Waals surface area contributed by atoms with Gasteiger partial charge >= 0.3 is 0 Å². The van der Waals surface area contributed by atoms with E-state index >= 15 is 0 Å². The number of carbonyl (C=O) groups is 1. The molecule has 0 radical (unpaired) electrons. The molecule has 7 heteroatoms. The van der Waals surface area contributed by atoms with Crippen molar-refractivity contribution in [3.8, 4) is 11.5 Å². The number of thioether (sulfide) groups is 1. The van der Waals surface area contributed by atoms with Crippen LogP contribution in [0.15, 0.2) is 28.8 Å². The molecular formula is C16H18FN3O2S. The summed E-state index contributed by atoms with van der Waals surface area (Å²) in [6.45, 7) is 4.86. The van der Waals surface area contributed by atoms with Gasteiger partial charge in [0.1, 0.15) is 5.82 Å². The van der Waals surface area contributed by atoms with E-state index < -0.39 is 0 Å². The van der Waals surface area contributed by atoms with Crippen LogP contribution in [0.5, 0.6) is 0 Å². The van der Waals surface area contributed by atoms with Gasteiger partial charge in [0.15, 0.2) is 5.82 Å². The normalized spacial score (nSPS) is 18.2. The van der Waals surface area contributed by atoms with E-state index in [4.69, 9.17) is 4.52 Å². The second-order valence-electron chi connectivity index (χ2n) is 5.74. The lowest BCUT2D eigenvalue weighted by Gasteiger charge is -2.20. The molecule has 23 heavy (non-hydrogen) atoms. The van der Waals surface area contributed by atoms with E-state index in [0.29, 0.717) is 23.0 Å². The predicted octanol–water partition coefficient (Wildman–Crippen LogP) is 3.12.